The number of carbonyl (C=O) groups excluding carboxylic acids is 1. The van der Waals surface area contributed by atoms with Crippen molar-refractivity contribution < 1.29 is 9.53 Å². The van der Waals surface area contributed by atoms with E-state index in [1.54, 1.807) is 0 Å². The second kappa shape index (κ2) is 8.86. The van der Waals surface area contributed by atoms with Gasteiger partial charge in [-0.3, -0.25) is 4.79 Å². The van der Waals surface area contributed by atoms with Crippen LogP contribution in [0.15, 0.2) is 54.6 Å². The molecule has 2 N–H and O–H groups in total. The van der Waals surface area contributed by atoms with Crippen LogP contribution >= 0.6 is 0 Å². The van der Waals surface area contributed by atoms with Crippen molar-refractivity contribution in [3.8, 4) is 5.75 Å². The molecule has 1 saturated heterocycles. The number of unbranched alkanes of at least 4 members (excludes halogenated alkanes) is 1. The van der Waals surface area contributed by atoms with Gasteiger partial charge in [-0.05, 0) is 48.7 Å². The number of amides is 1. The Morgan fingerprint density at radius 2 is 1.85 bits per heavy atom. The van der Waals surface area contributed by atoms with E-state index >= 15 is 0 Å². The van der Waals surface area contributed by atoms with Gasteiger partial charge in [-0.25, -0.2) is 0 Å². The van der Waals surface area contributed by atoms with E-state index in [1.807, 2.05) is 47.4 Å². The molecule has 4 nitrogen and oxygen atoms in total. The SMILES string of the molecule is CCCCOc1ccc(C(=O)N2C[C@@H](CN)[C@H](c3ccccc3)C2)cc1. The van der Waals surface area contributed by atoms with Crippen LogP contribution in [0.1, 0.15) is 41.6 Å². The number of rotatable bonds is 7. The Morgan fingerprint density at radius 1 is 1.12 bits per heavy atom. The highest BCUT2D eigenvalue weighted by Crippen LogP contribution is 2.32. The first-order valence-electron chi connectivity index (χ1n) is 9.50. The highest BCUT2D eigenvalue weighted by atomic mass is 16.5. The number of nitrogens with zero attached hydrogens (tertiary/aromatic N) is 1. The Morgan fingerprint density at radius 3 is 2.50 bits per heavy atom. The van der Waals surface area contributed by atoms with E-state index in [9.17, 15) is 4.79 Å². The molecule has 1 aliphatic heterocycles. The number of hydrogen-bond donors (Lipinski definition) is 1. The van der Waals surface area contributed by atoms with E-state index in [1.165, 1.54) is 5.56 Å². The van der Waals surface area contributed by atoms with Crippen molar-refractivity contribution >= 4 is 5.91 Å². The Balaban J connectivity index is 1.66. The van der Waals surface area contributed by atoms with E-state index in [2.05, 4.69) is 19.1 Å². The number of likely N-dealkylation sites (tertiary alicyclic amines) is 1. The molecule has 138 valence electrons. The van der Waals surface area contributed by atoms with E-state index in [0.29, 0.717) is 37.1 Å². The lowest BCUT2D eigenvalue weighted by atomic mass is 9.89. The van der Waals surface area contributed by atoms with Crippen molar-refractivity contribution in [3.63, 3.8) is 0 Å². The molecule has 0 radical (unpaired) electrons. The topological polar surface area (TPSA) is 55.6 Å². The summed E-state index contributed by atoms with van der Waals surface area (Å²) in [5, 5.41) is 0. The maximum atomic E-state index is 12.9. The summed E-state index contributed by atoms with van der Waals surface area (Å²) >= 11 is 0. The van der Waals surface area contributed by atoms with Gasteiger partial charge in [0.15, 0.2) is 0 Å². The zero-order valence-corrected chi connectivity index (χ0v) is 15.4. The van der Waals surface area contributed by atoms with Crippen LogP contribution in [0.5, 0.6) is 5.75 Å². The molecule has 1 fully saturated rings. The second-order valence-electron chi connectivity index (χ2n) is 6.95. The highest BCUT2D eigenvalue weighted by Gasteiger charge is 2.35. The lowest BCUT2D eigenvalue weighted by Crippen LogP contribution is -2.29. The normalized spacial score (nSPS) is 19.5. The molecule has 26 heavy (non-hydrogen) atoms. The van der Waals surface area contributed by atoms with Gasteiger partial charge in [0, 0.05) is 24.6 Å². The molecule has 0 spiro atoms. The van der Waals surface area contributed by atoms with Crippen molar-refractivity contribution in [2.24, 2.45) is 11.7 Å². The van der Waals surface area contributed by atoms with Crippen LogP contribution in [-0.4, -0.2) is 37.0 Å². The Kier molecular flexibility index (Phi) is 6.29. The quantitative estimate of drug-likeness (QED) is 0.774. The lowest BCUT2D eigenvalue weighted by molar-refractivity contribution is 0.0786. The summed E-state index contributed by atoms with van der Waals surface area (Å²) < 4.78 is 5.67. The monoisotopic (exact) mass is 352 g/mol. The van der Waals surface area contributed by atoms with E-state index in [4.69, 9.17) is 10.5 Å². The average molecular weight is 352 g/mol. The van der Waals surface area contributed by atoms with Crippen LogP contribution in [0.3, 0.4) is 0 Å². The summed E-state index contributed by atoms with van der Waals surface area (Å²) in [6, 6.07) is 17.8. The Bertz CT molecular complexity index is 700. The minimum Gasteiger partial charge on any atom is -0.494 e. The fourth-order valence-electron chi connectivity index (χ4n) is 3.56. The molecule has 0 unspecified atom stereocenters. The fraction of sp³-hybridized carbons (Fsp3) is 0.409. The van der Waals surface area contributed by atoms with Gasteiger partial charge in [0.05, 0.1) is 6.61 Å². The second-order valence-corrected chi connectivity index (χ2v) is 6.95. The van der Waals surface area contributed by atoms with Crippen molar-refractivity contribution in [1.29, 1.82) is 0 Å². The van der Waals surface area contributed by atoms with E-state index < -0.39 is 0 Å². The standard InChI is InChI=1S/C22H28N2O2/c1-2-3-13-26-20-11-9-18(10-12-20)22(25)24-15-19(14-23)21(16-24)17-7-5-4-6-8-17/h4-12,19,21H,2-3,13-16,23H2,1H3/t19-,21+/m1/s1. The number of benzene rings is 2. The third-order valence-electron chi connectivity index (χ3n) is 5.13. The van der Waals surface area contributed by atoms with Gasteiger partial charge in [-0.15, -0.1) is 0 Å². The van der Waals surface area contributed by atoms with Crippen LogP contribution < -0.4 is 10.5 Å². The molecule has 2 aromatic rings. The molecule has 1 amide bonds. The minimum absolute atomic E-state index is 0.0713. The number of carbonyl (C=O) groups is 1. The van der Waals surface area contributed by atoms with Crippen LogP contribution in [0.4, 0.5) is 0 Å². The molecule has 1 aliphatic rings. The van der Waals surface area contributed by atoms with Gasteiger partial charge < -0.3 is 15.4 Å². The smallest absolute Gasteiger partial charge is 0.253 e. The van der Waals surface area contributed by atoms with Crippen LogP contribution in [-0.2, 0) is 0 Å². The first kappa shape index (κ1) is 18.5. The number of ether oxygens (including phenoxy) is 1. The van der Waals surface area contributed by atoms with E-state index in [-0.39, 0.29) is 5.91 Å². The predicted molar refractivity (Wildman–Crippen MR) is 104 cm³/mol. The van der Waals surface area contributed by atoms with Crippen molar-refractivity contribution in [3.05, 3.63) is 65.7 Å². The number of hydrogen-bond acceptors (Lipinski definition) is 3. The summed E-state index contributed by atoms with van der Waals surface area (Å²) in [6.07, 6.45) is 2.15. The maximum absolute atomic E-state index is 12.9. The zero-order valence-electron chi connectivity index (χ0n) is 15.4. The fourth-order valence-corrected chi connectivity index (χ4v) is 3.56. The van der Waals surface area contributed by atoms with Gasteiger partial charge in [0.1, 0.15) is 5.75 Å². The Hall–Kier alpha value is -2.33. The first-order valence-corrected chi connectivity index (χ1v) is 9.50. The molecule has 3 rings (SSSR count). The first-order chi connectivity index (χ1) is 12.7. The molecule has 4 heteroatoms. The molecule has 2 aromatic carbocycles. The summed E-state index contributed by atoms with van der Waals surface area (Å²) in [5.41, 5.74) is 7.95. The van der Waals surface area contributed by atoms with E-state index in [0.717, 1.165) is 25.1 Å². The molecule has 1 heterocycles. The third-order valence-corrected chi connectivity index (χ3v) is 5.13. The molecule has 2 atom stereocenters. The maximum Gasteiger partial charge on any atom is 0.253 e. The minimum atomic E-state index is 0.0713. The Labute approximate surface area is 156 Å². The van der Waals surface area contributed by atoms with Gasteiger partial charge in [-0.2, -0.15) is 0 Å². The summed E-state index contributed by atoms with van der Waals surface area (Å²) in [4.78, 5) is 14.8. The zero-order chi connectivity index (χ0) is 18.4. The molecule has 0 aliphatic carbocycles. The summed E-state index contributed by atoms with van der Waals surface area (Å²) in [7, 11) is 0. The molecular formula is C22H28N2O2. The summed E-state index contributed by atoms with van der Waals surface area (Å²) in [5.74, 6) is 1.50. The number of nitrogens with two attached hydrogens (primary N) is 1. The van der Waals surface area contributed by atoms with Gasteiger partial charge >= 0.3 is 0 Å². The molecule has 0 aromatic heterocycles. The highest BCUT2D eigenvalue weighted by molar-refractivity contribution is 5.94. The lowest BCUT2D eigenvalue weighted by Gasteiger charge is -2.17. The molecule has 0 saturated carbocycles. The van der Waals surface area contributed by atoms with Crippen LogP contribution in [0.2, 0.25) is 0 Å². The predicted octanol–water partition coefficient (Wildman–Crippen LogP) is 3.68. The molecular weight excluding hydrogens is 324 g/mol. The summed E-state index contributed by atoms with van der Waals surface area (Å²) in [6.45, 7) is 4.88. The average Bonchev–Trinajstić information content (AvgIpc) is 3.13. The van der Waals surface area contributed by atoms with Gasteiger partial charge in [0.2, 0.25) is 0 Å². The van der Waals surface area contributed by atoms with Gasteiger partial charge in [0.25, 0.3) is 5.91 Å². The van der Waals surface area contributed by atoms with Crippen molar-refractivity contribution in [2.45, 2.75) is 25.7 Å². The van der Waals surface area contributed by atoms with Gasteiger partial charge in [-0.1, -0.05) is 43.7 Å². The third kappa shape index (κ3) is 4.25. The van der Waals surface area contributed by atoms with Crippen molar-refractivity contribution in [1.82, 2.24) is 4.90 Å². The molecule has 0 bridgehead atoms. The van der Waals surface area contributed by atoms with Crippen molar-refractivity contribution in [2.75, 3.05) is 26.2 Å². The largest absolute Gasteiger partial charge is 0.494 e. The van der Waals surface area contributed by atoms with Crippen LogP contribution in [0.25, 0.3) is 0 Å². The van der Waals surface area contributed by atoms with Crippen LogP contribution in [0, 0.1) is 5.92 Å².